The second-order valence-electron chi connectivity index (χ2n) is 8.97. The summed E-state index contributed by atoms with van der Waals surface area (Å²) in [4.78, 5) is 0. The topological polar surface area (TPSA) is 0 Å². The first-order chi connectivity index (χ1) is 10.6. The summed E-state index contributed by atoms with van der Waals surface area (Å²) in [5.41, 5.74) is 6.36. The van der Waals surface area contributed by atoms with Gasteiger partial charge in [0.25, 0.3) is 0 Å². The van der Waals surface area contributed by atoms with Gasteiger partial charge in [-0.25, -0.2) is 0 Å². The molecule has 0 nitrogen and oxygen atoms in total. The largest absolute Gasteiger partial charge is 0.0842 e. The SMILES string of the molecule is CC=C(CC)C1=CC(C(C)(C)C)=CC2C=CC(C(C)(C)C)=CC12. The summed E-state index contributed by atoms with van der Waals surface area (Å²) in [7, 11) is 0. The fourth-order valence-electron chi connectivity index (χ4n) is 3.52. The molecule has 0 aromatic carbocycles. The Kier molecular flexibility index (Phi) is 4.95. The molecule has 2 aliphatic rings. The molecule has 0 amide bonds. The minimum Gasteiger partial charge on any atom is -0.0842 e. The number of fused-ring (bicyclic) bond motifs is 1. The molecular weight excluding hydrogens is 276 g/mol. The molecule has 0 aliphatic heterocycles. The van der Waals surface area contributed by atoms with Gasteiger partial charge < -0.3 is 0 Å². The van der Waals surface area contributed by atoms with Crippen LogP contribution in [0.3, 0.4) is 0 Å². The first-order valence-electron chi connectivity index (χ1n) is 9.08. The predicted octanol–water partition coefficient (Wildman–Crippen LogP) is 7.03. The average Bonchev–Trinajstić information content (AvgIpc) is 2.45. The molecular formula is C23H34. The molecule has 0 aromatic rings. The highest BCUT2D eigenvalue weighted by Gasteiger charge is 2.32. The Morgan fingerprint density at radius 2 is 1.61 bits per heavy atom. The lowest BCUT2D eigenvalue weighted by molar-refractivity contribution is 0.478. The molecule has 0 bridgehead atoms. The highest BCUT2D eigenvalue weighted by Crippen LogP contribution is 2.45. The van der Waals surface area contributed by atoms with E-state index in [0.717, 1.165) is 6.42 Å². The van der Waals surface area contributed by atoms with Gasteiger partial charge in [0, 0.05) is 11.8 Å². The van der Waals surface area contributed by atoms with Gasteiger partial charge in [-0.2, -0.15) is 0 Å². The minimum absolute atomic E-state index is 0.199. The third-order valence-electron chi connectivity index (χ3n) is 5.15. The van der Waals surface area contributed by atoms with E-state index in [2.05, 4.69) is 91.8 Å². The summed E-state index contributed by atoms with van der Waals surface area (Å²) in [6.07, 6.45) is 15.7. The van der Waals surface area contributed by atoms with Crippen LogP contribution in [-0.4, -0.2) is 0 Å². The molecule has 0 fully saturated rings. The molecule has 0 N–H and O–H groups in total. The second-order valence-corrected chi connectivity index (χ2v) is 8.97. The minimum atomic E-state index is 0.199. The lowest BCUT2D eigenvalue weighted by Crippen LogP contribution is -2.25. The van der Waals surface area contributed by atoms with Crippen molar-refractivity contribution in [2.75, 3.05) is 0 Å². The zero-order valence-electron chi connectivity index (χ0n) is 16.3. The van der Waals surface area contributed by atoms with E-state index in [1.54, 1.807) is 0 Å². The molecule has 0 saturated carbocycles. The summed E-state index contributed by atoms with van der Waals surface area (Å²) in [5, 5.41) is 0. The van der Waals surface area contributed by atoms with Crippen molar-refractivity contribution >= 4 is 0 Å². The van der Waals surface area contributed by atoms with Crippen LogP contribution in [0.5, 0.6) is 0 Å². The first-order valence-corrected chi connectivity index (χ1v) is 9.08. The molecule has 0 saturated heterocycles. The zero-order valence-corrected chi connectivity index (χ0v) is 16.3. The molecule has 2 unspecified atom stereocenters. The Morgan fingerprint density at radius 1 is 1.00 bits per heavy atom. The van der Waals surface area contributed by atoms with Crippen molar-refractivity contribution in [1.29, 1.82) is 0 Å². The van der Waals surface area contributed by atoms with Gasteiger partial charge in [0.15, 0.2) is 0 Å². The van der Waals surface area contributed by atoms with Crippen molar-refractivity contribution in [3.63, 3.8) is 0 Å². The van der Waals surface area contributed by atoms with Crippen LogP contribution < -0.4 is 0 Å². The maximum absolute atomic E-state index is 2.52. The Hall–Kier alpha value is -1.30. The maximum Gasteiger partial charge on any atom is 0.0125 e. The average molecular weight is 311 g/mol. The van der Waals surface area contributed by atoms with Crippen molar-refractivity contribution in [3.05, 3.63) is 58.7 Å². The van der Waals surface area contributed by atoms with Crippen LogP contribution in [0.15, 0.2) is 58.7 Å². The number of hydrogen-bond donors (Lipinski definition) is 0. The summed E-state index contributed by atoms with van der Waals surface area (Å²) < 4.78 is 0. The van der Waals surface area contributed by atoms with Gasteiger partial charge in [0.1, 0.15) is 0 Å². The Bertz CT molecular complexity index is 603. The van der Waals surface area contributed by atoms with E-state index in [0.29, 0.717) is 11.8 Å². The van der Waals surface area contributed by atoms with Crippen LogP contribution in [0.4, 0.5) is 0 Å². The van der Waals surface area contributed by atoms with Gasteiger partial charge in [-0.3, -0.25) is 0 Å². The van der Waals surface area contributed by atoms with Crippen LogP contribution in [0, 0.1) is 22.7 Å². The molecule has 2 rings (SSSR count). The Morgan fingerprint density at radius 3 is 2.09 bits per heavy atom. The number of allylic oxidation sites excluding steroid dienone is 10. The van der Waals surface area contributed by atoms with E-state index >= 15 is 0 Å². The van der Waals surface area contributed by atoms with E-state index in [1.165, 1.54) is 22.3 Å². The smallest absolute Gasteiger partial charge is 0.0125 e. The zero-order chi connectivity index (χ0) is 17.4. The molecule has 0 spiro atoms. The summed E-state index contributed by atoms with van der Waals surface area (Å²) in [6.45, 7) is 18.3. The van der Waals surface area contributed by atoms with Gasteiger partial charge in [-0.1, -0.05) is 84.9 Å². The summed E-state index contributed by atoms with van der Waals surface area (Å²) >= 11 is 0. The normalized spacial score (nSPS) is 25.6. The van der Waals surface area contributed by atoms with Crippen molar-refractivity contribution in [2.45, 2.75) is 61.8 Å². The fraction of sp³-hybridized carbons (Fsp3) is 0.565. The third kappa shape index (κ3) is 3.79. The lowest BCUT2D eigenvalue weighted by atomic mass is 9.68. The first kappa shape index (κ1) is 18.0. The van der Waals surface area contributed by atoms with Crippen LogP contribution in [0.25, 0.3) is 0 Å². The Balaban J connectivity index is 2.54. The molecule has 2 aliphatic carbocycles. The van der Waals surface area contributed by atoms with Crippen molar-refractivity contribution in [1.82, 2.24) is 0 Å². The molecule has 23 heavy (non-hydrogen) atoms. The van der Waals surface area contributed by atoms with Crippen LogP contribution in [0.2, 0.25) is 0 Å². The molecule has 0 heterocycles. The van der Waals surface area contributed by atoms with Gasteiger partial charge in [-0.05, 0) is 46.5 Å². The standard InChI is InChI=1S/C23H34/c1-9-16(10-2)20-15-19(23(6,7)8)13-17-11-12-18(14-21(17)20)22(3,4)5/h9,11-15,17,21H,10H2,1-8H3. The Labute approximate surface area is 143 Å². The molecule has 0 aromatic heterocycles. The highest BCUT2D eigenvalue weighted by atomic mass is 14.4. The van der Waals surface area contributed by atoms with Gasteiger partial charge >= 0.3 is 0 Å². The van der Waals surface area contributed by atoms with Gasteiger partial charge in [0.05, 0.1) is 0 Å². The molecule has 126 valence electrons. The van der Waals surface area contributed by atoms with Crippen molar-refractivity contribution in [2.24, 2.45) is 22.7 Å². The van der Waals surface area contributed by atoms with Crippen molar-refractivity contribution < 1.29 is 0 Å². The second kappa shape index (κ2) is 6.30. The molecule has 0 heteroatoms. The predicted molar refractivity (Wildman–Crippen MR) is 103 cm³/mol. The maximum atomic E-state index is 2.52. The summed E-state index contributed by atoms with van der Waals surface area (Å²) in [5.74, 6) is 0.989. The summed E-state index contributed by atoms with van der Waals surface area (Å²) in [6, 6.07) is 0. The van der Waals surface area contributed by atoms with E-state index in [9.17, 15) is 0 Å². The van der Waals surface area contributed by atoms with Crippen LogP contribution in [0.1, 0.15) is 61.8 Å². The van der Waals surface area contributed by atoms with E-state index in [1.807, 2.05) is 0 Å². The monoisotopic (exact) mass is 310 g/mol. The van der Waals surface area contributed by atoms with E-state index in [4.69, 9.17) is 0 Å². The van der Waals surface area contributed by atoms with Crippen LogP contribution in [-0.2, 0) is 0 Å². The molecule has 2 atom stereocenters. The van der Waals surface area contributed by atoms with Crippen molar-refractivity contribution in [3.8, 4) is 0 Å². The highest BCUT2D eigenvalue weighted by molar-refractivity contribution is 5.50. The molecule has 0 radical (unpaired) electrons. The van der Waals surface area contributed by atoms with E-state index < -0.39 is 0 Å². The van der Waals surface area contributed by atoms with Gasteiger partial charge in [-0.15, -0.1) is 0 Å². The van der Waals surface area contributed by atoms with E-state index in [-0.39, 0.29) is 10.8 Å². The quantitative estimate of drug-likeness (QED) is 0.513. The lowest BCUT2D eigenvalue weighted by Gasteiger charge is -2.37. The third-order valence-corrected chi connectivity index (χ3v) is 5.15. The van der Waals surface area contributed by atoms with Gasteiger partial charge in [0.2, 0.25) is 0 Å². The van der Waals surface area contributed by atoms with Crippen LogP contribution >= 0.6 is 0 Å². The number of rotatable bonds is 2. The number of hydrogen-bond acceptors (Lipinski definition) is 0. The fourth-order valence-corrected chi connectivity index (χ4v) is 3.52.